The molecule has 1 aromatic rings. The first-order valence-electron chi connectivity index (χ1n) is 3.35. The summed E-state index contributed by atoms with van der Waals surface area (Å²) in [5, 5.41) is 8.39. The largest absolute Gasteiger partial charge is 0.489 e. The summed E-state index contributed by atoms with van der Waals surface area (Å²) in [4.78, 5) is 21.0. The molecule has 0 spiro atoms. The van der Waals surface area contributed by atoms with E-state index < -0.39 is 28.0 Å². The van der Waals surface area contributed by atoms with Gasteiger partial charge in [0.15, 0.2) is 5.43 Å². The topological polar surface area (TPSA) is 59.3 Å². The van der Waals surface area contributed by atoms with E-state index in [0.29, 0.717) is 18.3 Å². The third kappa shape index (κ3) is 1.93. The van der Waals surface area contributed by atoms with Gasteiger partial charge in [0.25, 0.3) is 0 Å². The van der Waals surface area contributed by atoms with Crippen molar-refractivity contribution in [3.63, 3.8) is 0 Å². The predicted molar refractivity (Wildman–Crippen MR) is 39.0 cm³/mol. The van der Waals surface area contributed by atoms with E-state index in [1.807, 2.05) is 0 Å². The number of aromatic carboxylic acids is 1. The first kappa shape index (κ1) is 10.3. The summed E-state index contributed by atoms with van der Waals surface area (Å²) < 4.78 is 36.0. The monoisotopic (exact) mass is 207 g/mol. The van der Waals surface area contributed by atoms with Crippen LogP contribution in [-0.4, -0.2) is 15.6 Å². The fraction of sp³-hybridized carbons (Fsp3) is 0.143. The van der Waals surface area contributed by atoms with Crippen molar-refractivity contribution in [1.82, 2.24) is 4.57 Å². The van der Waals surface area contributed by atoms with E-state index >= 15 is 0 Å². The molecule has 7 heteroatoms. The maximum atomic E-state index is 12.1. The number of nitrogens with zero attached hydrogens (tertiary/aromatic N) is 1. The Kier molecular flexibility index (Phi) is 2.33. The normalized spacial score (nSPS) is 11.4. The van der Waals surface area contributed by atoms with Crippen LogP contribution in [0.5, 0.6) is 0 Å². The van der Waals surface area contributed by atoms with Gasteiger partial charge in [0, 0.05) is 18.3 Å². The van der Waals surface area contributed by atoms with Crippen LogP contribution in [0.4, 0.5) is 13.2 Å². The zero-order valence-electron chi connectivity index (χ0n) is 6.58. The summed E-state index contributed by atoms with van der Waals surface area (Å²) in [6.45, 7) is 0. The number of carboxylic acids is 1. The van der Waals surface area contributed by atoms with E-state index in [4.69, 9.17) is 5.11 Å². The molecule has 0 aliphatic heterocycles. The average molecular weight is 207 g/mol. The van der Waals surface area contributed by atoms with Gasteiger partial charge in [0.05, 0.1) is 0 Å². The summed E-state index contributed by atoms with van der Waals surface area (Å²) in [6, 6.07) is 1.05. The van der Waals surface area contributed by atoms with Crippen LogP contribution < -0.4 is 5.43 Å². The molecule has 0 aliphatic rings. The molecule has 0 radical (unpaired) electrons. The van der Waals surface area contributed by atoms with Crippen LogP contribution in [0.25, 0.3) is 0 Å². The molecule has 0 saturated carbocycles. The summed E-state index contributed by atoms with van der Waals surface area (Å²) in [7, 11) is 0. The Hall–Kier alpha value is -1.79. The van der Waals surface area contributed by atoms with Gasteiger partial charge < -0.3 is 5.11 Å². The quantitative estimate of drug-likeness (QED) is 0.747. The third-order valence-electron chi connectivity index (χ3n) is 1.42. The van der Waals surface area contributed by atoms with E-state index in [9.17, 15) is 22.8 Å². The number of pyridine rings is 1. The standard InChI is InChI=1S/C7H4F3NO3/c8-7(9,10)11-2-1-4(12)3-5(11)6(13)14/h1-3H,(H,13,14). The summed E-state index contributed by atoms with van der Waals surface area (Å²) in [5.41, 5.74) is -1.90. The number of hydrogen-bond acceptors (Lipinski definition) is 2. The van der Waals surface area contributed by atoms with Crippen molar-refractivity contribution in [2.45, 2.75) is 6.30 Å². The lowest BCUT2D eigenvalue weighted by atomic mass is 10.3. The second-order valence-corrected chi connectivity index (χ2v) is 2.39. The lowest BCUT2D eigenvalue weighted by molar-refractivity contribution is -0.205. The maximum absolute atomic E-state index is 12.1. The van der Waals surface area contributed by atoms with Crippen LogP contribution in [0, 0.1) is 0 Å². The molecule has 0 atom stereocenters. The Balaban J connectivity index is 3.44. The second kappa shape index (κ2) is 3.17. The molecule has 1 heterocycles. The lowest BCUT2D eigenvalue weighted by Crippen LogP contribution is -2.25. The van der Waals surface area contributed by atoms with Crippen LogP contribution in [-0.2, 0) is 6.30 Å². The highest BCUT2D eigenvalue weighted by atomic mass is 19.4. The molecule has 1 rings (SSSR count). The van der Waals surface area contributed by atoms with E-state index in [0.717, 1.165) is 0 Å². The summed E-state index contributed by atoms with van der Waals surface area (Å²) >= 11 is 0. The highest BCUT2D eigenvalue weighted by Crippen LogP contribution is 2.22. The molecule has 0 bridgehead atoms. The first-order chi connectivity index (χ1) is 6.32. The van der Waals surface area contributed by atoms with E-state index in [1.165, 1.54) is 0 Å². The van der Waals surface area contributed by atoms with Gasteiger partial charge in [-0.3, -0.25) is 9.36 Å². The zero-order chi connectivity index (χ0) is 10.9. The van der Waals surface area contributed by atoms with Crippen molar-refractivity contribution >= 4 is 5.97 Å². The van der Waals surface area contributed by atoms with Gasteiger partial charge in [-0.1, -0.05) is 0 Å². The molecule has 0 aromatic carbocycles. The third-order valence-corrected chi connectivity index (χ3v) is 1.42. The minimum absolute atomic E-state index is 0.381. The Morgan fingerprint density at radius 2 is 2.00 bits per heavy atom. The molecule has 0 unspecified atom stereocenters. The molecule has 76 valence electrons. The van der Waals surface area contributed by atoms with Crippen LogP contribution in [0.3, 0.4) is 0 Å². The number of hydrogen-bond donors (Lipinski definition) is 1. The van der Waals surface area contributed by atoms with Crippen molar-refractivity contribution in [1.29, 1.82) is 0 Å². The maximum Gasteiger partial charge on any atom is 0.489 e. The molecule has 14 heavy (non-hydrogen) atoms. The fourth-order valence-corrected chi connectivity index (χ4v) is 0.867. The number of aromatic nitrogens is 1. The van der Waals surface area contributed by atoms with Crippen LogP contribution in [0.15, 0.2) is 23.1 Å². The molecular weight excluding hydrogens is 203 g/mol. The zero-order valence-corrected chi connectivity index (χ0v) is 6.58. The Labute approximate surface area is 75.2 Å². The smallest absolute Gasteiger partial charge is 0.477 e. The predicted octanol–water partition coefficient (Wildman–Crippen LogP) is 1.02. The highest BCUT2D eigenvalue weighted by molar-refractivity contribution is 5.85. The Morgan fingerprint density at radius 1 is 1.43 bits per heavy atom. The Morgan fingerprint density at radius 3 is 2.43 bits per heavy atom. The SMILES string of the molecule is O=C(O)c1cc(=O)ccn1C(F)(F)F. The molecule has 0 fully saturated rings. The van der Waals surface area contributed by atoms with Crippen molar-refractivity contribution in [3.05, 3.63) is 34.2 Å². The summed E-state index contributed by atoms with van der Waals surface area (Å²) in [5.74, 6) is -1.81. The van der Waals surface area contributed by atoms with Crippen molar-refractivity contribution < 1.29 is 23.1 Å². The number of carbonyl (C=O) groups is 1. The first-order valence-corrected chi connectivity index (χ1v) is 3.35. The molecular formula is C7H4F3NO3. The minimum Gasteiger partial charge on any atom is -0.477 e. The van der Waals surface area contributed by atoms with Crippen molar-refractivity contribution in [2.75, 3.05) is 0 Å². The molecule has 0 saturated heterocycles. The highest BCUT2D eigenvalue weighted by Gasteiger charge is 2.33. The number of carboxylic acid groups (broad SMARTS) is 1. The van der Waals surface area contributed by atoms with E-state index in [1.54, 1.807) is 0 Å². The van der Waals surface area contributed by atoms with Crippen LogP contribution in [0.2, 0.25) is 0 Å². The van der Waals surface area contributed by atoms with Crippen LogP contribution in [0.1, 0.15) is 10.5 Å². The van der Waals surface area contributed by atoms with Gasteiger partial charge in [-0.25, -0.2) is 4.79 Å². The average Bonchev–Trinajstić information content (AvgIpc) is 2.01. The fourth-order valence-electron chi connectivity index (χ4n) is 0.867. The number of rotatable bonds is 1. The number of alkyl halides is 3. The number of halogens is 3. The molecule has 0 amide bonds. The second-order valence-electron chi connectivity index (χ2n) is 2.39. The van der Waals surface area contributed by atoms with Gasteiger partial charge in [-0.15, -0.1) is 13.2 Å². The molecule has 4 nitrogen and oxygen atoms in total. The molecule has 1 N–H and O–H groups in total. The van der Waals surface area contributed by atoms with E-state index in [2.05, 4.69) is 0 Å². The van der Waals surface area contributed by atoms with Crippen molar-refractivity contribution in [2.24, 2.45) is 0 Å². The molecule has 1 aromatic heterocycles. The van der Waals surface area contributed by atoms with Gasteiger partial charge >= 0.3 is 12.3 Å². The van der Waals surface area contributed by atoms with Crippen molar-refractivity contribution in [3.8, 4) is 0 Å². The molecule has 0 aliphatic carbocycles. The Bertz CT molecular complexity index is 421. The van der Waals surface area contributed by atoms with Crippen LogP contribution >= 0.6 is 0 Å². The van der Waals surface area contributed by atoms with Gasteiger partial charge in [-0.2, -0.15) is 0 Å². The minimum atomic E-state index is -4.85. The van der Waals surface area contributed by atoms with E-state index in [-0.39, 0.29) is 0 Å². The van der Waals surface area contributed by atoms with Gasteiger partial charge in [0.2, 0.25) is 0 Å². The summed E-state index contributed by atoms with van der Waals surface area (Å²) in [6.07, 6.45) is -4.47. The van der Waals surface area contributed by atoms with Gasteiger partial charge in [-0.05, 0) is 0 Å². The van der Waals surface area contributed by atoms with Gasteiger partial charge in [0.1, 0.15) is 5.69 Å². The lowest BCUT2D eigenvalue weighted by Gasteiger charge is -2.12.